The molecule has 386 valence electrons. The molecule has 2 aliphatic heterocycles. The van der Waals surface area contributed by atoms with Gasteiger partial charge in [-0.25, -0.2) is 14.6 Å². The topological polar surface area (TPSA) is 235 Å². The number of allylic oxidation sites excluding steroid dienone is 5. The van der Waals surface area contributed by atoms with Gasteiger partial charge in [0.25, 0.3) is 0 Å². The SMILES string of the molecule is C=Cc1c(C)c2cc3nc(cc4[nH]c(cc5nc(cc1[nH]2)C(C)=C5CCC(=O)O)c(CCC(=O)NC(C)(C)CCOCCNC(=O)OCC1CCC#CCCC1C)c4C)C1(C)C3=CC=C(C(=O)O)C1C(=O)OC. The Morgan fingerprint density at radius 3 is 2.30 bits per heavy atom. The molecule has 0 radical (unpaired) electrons. The standard InChI is InChI=1S/C57H68N6O10/c1-10-37-33(3)43-28-48-41-20-17-40(53(67)68)52(54(69)71-9)57(41,8)49(62-48)30-44-35(5)38(46(61-44)29-47-39(19-22-51(65)66)34(4)42(60-47)27-45(37)59-43)18-21-50(64)63-56(6,7)23-25-72-26-24-58-55(70)73-31-36-16-14-12-11-13-15-32(36)2/h10,17,20,27-30,32,36,52,59,61H,1,13-16,18-19,21-26,31H2,2-9H3,(H,58,70)(H,63,64)(H,65,66)(H,67,68). The molecule has 0 saturated carbocycles. The molecule has 0 aromatic carbocycles. The van der Waals surface area contributed by atoms with Crippen LogP contribution in [0, 0.1) is 43.4 Å². The lowest BCUT2D eigenvalue weighted by atomic mass is 9.64. The number of amides is 2. The van der Waals surface area contributed by atoms with Gasteiger partial charge in [0.2, 0.25) is 5.91 Å². The molecule has 73 heavy (non-hydrogen) atoms. The van der Waals surface area contributed by atoms with Crippen LogP contribution in [0.1, 0.15) is 131 Å². The summed E-state index contributed by atoms with van der Waals surface area (Å²) >= 11 is 0. The van der Waals surface area contributed by atoms with Crippen molar-refractivity contribution >= 4 is 74.8 Å². The van der Waals surface area contributed by atoms with Crippen molar-refractivity contribution in [2.45, 2.75) is 117 Å². The molecule has 8 bridgehead atoms. The van der Waals surface area contributed by atoms with Crippen molar-refractivity contribution in [1.29, 1.82) is 0 Å². The van der Waals surface area contributed by atoms with E-state index in [1.165, 1.54) is 13.2 Å². The number of aliphatic carboxylic acids is 2. The lowest BCUT2D eigenvalue weighted by Gasteiger charge is -2.36. The molecule has 2 amide bonds. The number of methoxy groups -OCH3 is 1. The van der Waals surface area contributed by atoms with E-state index in [1.807, 2.05) is 58.9 Å². The van der Waals surface area contributed by atoms with Crippen LogP contribution in [-0.4, -0.2) is 99.1 Å². The van der Waals surface area contributed by atoms with E-state index in [4.69, 9.17) is 24.2 Å². The van der Waals surface area contributed by atoms with Crippen LogP contribution in [0.3, 0.4) is 0 Å². The highest BCUT2D eigenvalue weighted by atomic mass is 16.5. The minimum Gasteiger partial charge on any atom is -0.481 e. The highest BCUT2D eigenvalue weighted by Crippen LogP contribution is 2.52. The van der Waals surface area contributed by atoms with Crippen LogP contribution in [0.25, 0.3) is 44.9 Å². The average molecular weight is 997 g/mol. The third kappa shape index (κ3) is 11.8. The quantitative estimate of drug-likeness (QED) is 0.0397. The molecule has 0 spiro atoms. The van der Waals surface area contributed by atoms with Crippen LogP contribution in [0.15, 0.2) is 48.6 Å². The Bertz CT molecular complexity index is 3050. The highest BCUT2D eigenvalue weighted by Gasteiger charge is 2.53. The summed E-state index contributed by atoms with van der Waals surface area (Å²) in [6.45, 7) is 19.0. The van der Waals surface area contributed by atoms with Gasteiger partial charge in [-0.05, 0) is 143 Å². The lowest BCUT2D eigenvalue weighted by Crippen LogP contribution is -2.44. The largest absolute Gasteiger partial charge is 0.481 e. The Kier molecular flexibility index (Phi) is 16.6. The van der Waals surface area contributed by atoms with Crippen LogP contribution < -0.4 is 10.6 Å². The summed E-state index contributed by atoms with van der Waals surface area (Å²) in [6, 6.07) is 7.50. The molecule has 4 atom stereocenters. The first-order valence-corrected chi connectivity index (χ1v) is 25.0. The number of nitrogens with one attached hydrogen (secondary N) is 4. The van der Waals surface area contributed by atoms with Crippen molar-refractivity contribution < 1.29 is 48.4 Å². The molecule has 3 aromatic heterocycles. The Morgan fingerprint density at radius 1 is 0.890 bits per heavy atom. The van der Waals surface area contributed by atoms with E-state index < -0.39 is 40.9 Å². The number of alkyl carbamates (subject to hydrolysis) is 1. The maximum Gasteiger partial charge on any atom is 0.407 e. The van der Waals surface area contributed by atoms with Gasteiger partial charge in [-0.1, -0.05) is 31.7 Å². The highest BCUT2D eigenvalue weighted by molar-refractivity contribution is 6.01. The third-order valence-corrected chi connectivity index (χ3v) is 14.9. The zero-order valence-corrected chi connectivity index (χ0v) is 43.2. The van der Waals surface area contributed by atoms with Gasteiger partial charge in [0, 0.05) is 72.0 Å². The van der Waals surface area contributed by atoms with Crippen molar-refractivity contribution in [2.24, 2.45) is 17.8 Å². The zero-order chi connectivity index (χ0) is 52.8. The number of carbonyl (C=O) groups is 5. The van der Waals surface area contributed by atoms with E-state index in [0.717, 1.165) is 59.1 Å². The van der Waals surface area contributed by atoms with Crippen LogP contribution in [0.5, 0.6) is 0 Å². The molecule has 16 nitrogen and oxygen atoms in total. The van der Waals surface area contributed by atoms with Crippen molar-refractivity contribution in [1.82, 2.24) is 30.6 Å². The summed E-state index contributed by atoms with van der Waals surface area (Å²) < 4.78 is 16.6. The Hall–Kier alpha value is -7.25. The third-order valence-electron chi connectivity index (χ3n) is 14.9. The fourth-order valence-corrected chi connectivity index (χ4v) is 10.4. The fraction of sp³-hybridized carbons (Fsp3) is 0.456. The second-order valence-corrected chi connectivity index (χ2v) is 20.2. The minimum atomic E-state index is -1.29. The second kappa shape index (κ2) is 22.7. The average Bonchev–Trinajstić information content (AvgIpc) is 3.99. The normalized spacial score (nSPS) is 19.5. The van der Waals surface area contributed by atoms with Crippen molar-refractivity contribution in [2.75, 3.05) is 33.5 Å². The van der Waals surface area contributed by atoms with Crippen LogP contribution in [0.2, 0.25) is 0 Å². The molecular weight excluding hydrogens is 929 g/mol. The van der Waals surface area contributed by atoms with E-state index in [9.17, 15) is 34.2 Å². The first-order chi connectivity index (χ1) is 34.8. The molecule has 0 saturated heterocycles. The number of fused-ring (bicyclic) bond motifs is 11. The summed E-state index contributed by atoms with van der Waals surface area (Å²) in [4.78, 5) is 82.1. The smallest absolute Gasteiger partial charge is 0.407 e. The van der Waals surface area contributed by atoms with Gasteiger partial charge in [0.15, 0.2) is 0 Å². The van der Waals surface area contributed by atoms with Gasteiger partial charge in [-0.3, -0.25) is 19.4 Å². The number of rotatable bonds is 18. The number of hydrogen-bond acceptors (Lipinski definition) is 10. The van der Waals surface area contributed by atoms with E-state index in [0.29, 0.717) is 82.4 Å². The number of aromatic amines is 2. The number of aryl methyl sites for hydroxylation is 3. The minimum absolute atomic E-state index is 0.106. The summed E-state index contributed by atoms with van der Waals surface area (Å²) in [5.74, 6) is 2.69. The van der Waals surface area contributed by atoms with Gasteiger partial charge in [0.1, 0.15) is 5.92 Å². The van der Waals surface area contributed by atoms with Gasteiger partial charge in [-0.15, -0.1) is 11.8 Å². The molecule has 3 aromatic rings. The lowest BCUT2D eigenvalue weighted by molar-refractivity contribution is -0.148. The number of esters is 1. The first-order valence-electron chi connectivity index (χ1n) is 25.0. The summed E-state index contributed by atoms with van der Waals surface area (Å²) in [5, 5.41) is 26.1. The van der Waals surface area contributed by atoms with E-state index in [2.05, 4.69) is 45.9 Å². The molecule has 16 heteroatoms. The predicted molar refractivity (Wildman–Crippen MR) is 281 cm³/mol. The van der Waals surface area contributed by atoms with Crippen molar-refractivity contribution in [3.63, 3.8) is 0 Å². The molecule has 4 aliphatic rings. The molecular formula is C57H68N6O10. The number of aromatic nitrogens is 4. The van der Waals surface area contributed by atoms with Gasteiger partial charge in [0.05, 0.1) is 54.1 Å². The van der Waals surface area contributed by atoms with E-state index in [1.54, 1.807) is 19.1 Å². The predicted octanol–water partition coefficient (Wildman–Crippen LogP) is 9.32. The number of ether oxygens (including phenoxy) is 3. The number of nitrogens with zero attached hydrogens (tertiary/aromatic N) is 2. The zero-order valence-electron chi connectivity index (χ0n) is 43.2. The molecule has 5 heterocycles. The Balaban J connectivity index is 1.18. The molecule has 6 N–H and O–H groups in total. The van der Waals surface area contributed by atoms with Crippen molar-refractivity contribution in [3.05, 3.63) is 93.6 Å². The summed E-state index contributed by atoms with van der Waals surface area (Å²) in [5.41, 5.74) is 8.24. The fourth-order valence-electron chi connectivity index (χ4n) is 10.4. The summed E-state index contributed by atoms with van der Waals surface area (Å²) in [6.07, 6.45) is 9.01. The number of carboxylic acid groups (broad SMARTS) is 2. The molecule has 4 unspecified atom stereocenters. The van der Waals surface area contributed by atoms with E-state index >= 15 is 0 Å². The Labute approximate surface area is 426 Å². The van der Waals surface area contributed by atoms with Gasteiger partial charge >= 0.3 is 24.0 Å². The van der Waals surface area contributed by atoms with Gasteiger partial charge < -0.3 is 45.0 Å². The number of H-pyrrole nitrogens is 2. The number of carboxylic acids is 2. The van der Waals surface area contributed by atoms with Crippen LogP contribution >= 0.6 is 0 Å². The number of carbonyl (C=O) groups excluding carboxylic acids is 3. The summed E-state index contributed by atoms with van der Waals surface area (Å²) in [7, 11) is 1.23. The first kappa shape index (κ1) is 53.5. The monoisotopic (exact) mass is 996 g/mol. The Morgan fingerprint density at radius 2 is 1.59 bits per heavy atom. The number of hydrogen-bond donors (Lipinski definition) is 6. The maximum atomic E-state index is 13.8. The molecule has 0 fully saturated rings. The van der Waals surface area contributed by atoms with Crippen LogP contribution in [0.4, 0.5) is 4.79 Å². The molecule has 2 aliphatic carbocycles. The van der Waals surface area contributed by atoms with Crippen molar-refractivity contribution in [3.8, 4) is 11.8 Å². The maximum absolute atomic E-state index is 13.8. The van der Waals surface area contributed by atoms with E-state index in [-0.39, 0.29) is 49.8 Å². The molecule has 7 rings (SSSR count). The second-order valence-electron chi connectivity index (χ2n) is 20.2. The van der Waals surface area contributed by atoms with Gasteiger partial charge in [-0.2, -0.15) is 0 Å². The van der Waals surface area contributed by atoms with Crippen LogP contribution in [-0.2, 0) is 45.2 Å².